The summed E-state index contributed by atoms with van der Waals surface area (Å²) in [5.41, 5.74) is 6.57. The molecule has 126 valence electrons. The molecule has 0 saturated heterocycles. The number of fused-ring (bicyclic) bond motifs is 3. The molecule has 5 rings (SSSR count). The molecule has 1 aromatic heterocycles. The molecule has 0 fully saturated rings. The van der Waals surface area contributed by atoms with Gasteiger partial charge in [-0.1, -0.05) is 24.3 Å². The van der Waals surface area contributed by atoms with Crippen LogP contribution in [0.4, 0.5) is 0 Å². The van der Waals surface area contributed by atoms with E-state index in [0.29, 0.717) is 5.56 Å². The van der Waals surface area contributed by atoms with Crippen LogP contribution < -0.4 is 0 Å². The Morgan fingerprint density at radius 2 is 1.77 bits per heavy atom. The maximum atomic E-state index is 8.98. The first-order valence-electron chi connectivity index (χ1n) is 8.95. The highest BCUT2D eigenvalue weighted by Crippen LogP contribution is 2.27. The van der Waals surface area contributed by atoms with Gasteiger partial charge in [0.1, 0.15) is 5.82 Å². The van der Waals surface area contributed by atoms with Gasteiger partial charge in [-0.05, 0) is 47.5 Å². The summed E-state index contributed by atoms with van der Waals surface area (Å²) in [6.45, 7) is 2.98. The fraction of sp³-hybridized carbons (Fsp3) is 0.182. The Hall–Kier alpha value is -3.32. The maximum absolute atomic E-state index is 8.98. The fourth-order valence-electron chi connectivity index (χ4n) is 3.75. The van der Waals surface area contributed by atoms with E-state index < -0.39 is 0 Å². The Morgan fingerprint density at radius 3 is 2.50 bits per heavy atom. The van der Waals surface area contributed by atoms with Gasteiger partial charge in [-0.3, -0.25) is 0 Å². The molecule has 0 atom stereocenters. The van der Waals surface area contributed by atoms with Gasteiger partial charge in [-0.2, -0.15) is 5.26 Å². The number of nitrogens with zero attached hydrogens (tertiary/aromatic N) is 4. The maximum Gasteiger partial charge on any atom is 0.111 e. The average Bonchev–Trinajstić information content (AvgIpc) is 2.86. The van der Waals surface area contributed by atoms with Crippen molar-refractivity contribution in [3.63, 3.8) is 0 Å². The van der Waals surface area contributed by atoms with Gasteiger partial charge >= 0.3 is 0 Å². The normalized spacial score (nSPS) is 15.8. The number of benzene rings is 2. The molecular weight excluding hydrogens is 320 g/mol. The first-order chi connectivity index (χ1) is 12.8. The lowest BCUT2D eigenvalue weighted by molar-refractivity contribution is 0.359. The molecule has 0 spiro atoms. The first kappa shape index (κ1) is 15.0. The van der Waals surface area contributed by atoms with Gasteiger partial charge < -0.3 is 9.47 Å². The molecule has 2 aromatic carbocycles. The summed E-state index contributed by atoms with van der Waals surface area (Å²) in [4.78, 5) is 7.30. The first-order valence-corrected chi connectivity index (χ1v) is 8.95. The fourth-order valence-corrected chi connectivity index (χ4v) is 3.75. The van der Waals surface area contributed by atoms with Crippen LogP contribution in [0.3, 0.4) is 0 Å². The van der Waals surface area contributed by atoms with Gasteiger partial charge in [0.2, 0.25) is 0 Å². The lowest BCUT2D eigenvalue weighted by Gasteiger charge is -2.25. The molecule has 0 N–H and O–H groups in total. The smallest absolute Gasteiger partial charge is 0.111 e. The van der Waals surface area contributed by atoms with Crippen LogP contribution in [0.25, 0.3) is 22.2 Å². The lowest BCUT2D eigenvalue weighted by Crippen LogP contribution is -2.26. The summed E-state index contributed by atoms with van der Waals surface area (Å²) in [6, 6.07) is 16.4. The van der Waals surface area contributed by atoms with E-state index in [-0.39, 0.29) is 0 Å². The molecule has 0 unspecified atom stereocenters. The van der Waals surface area contributed by atoms with Gasteiger partial charge in [0.15, 0.2) is 0 Å². The predicted octanol–water partition coefficient (Wildman–Crippen LogP) is 3.89. The second-order valence-electron chi connectivity index (χ2n) is 6.76. The second kappa shape index (κ2) is 5.89. The number of imidazole rings is 1. The molecule has 1 aliphatic heterocycles. The summed E-state index contributed by atoms with van der Waals surface area (Å²) >= 11 is 0. The average molecular weight is 338 g/mol. The van der Waals surface area contributed by atoms with E-state index in [1.165, 1.54) is 17.0 Å². The lowest BCUT2D eigenvalue weighted by atomic mass is 10.0. The standard InChI is InChI=1S/C22H18N4/c23-15-16-4-6-17(7-5-16)18-8-9-20-21(14-18)26-13-12-25(19-2-1-3-19)11-10-22(26)24-20/h1-9,14H,10-13H2. The minimum Gasteiger partial charge on any atom is -0.369 e. The van der Waals surface area contributed by atoms with Crippen molar-refractivity contribution in [2.75, 3.05) is 13.1 Å². The zero-order valence-electron chi connectivity index (χ0n) is 14.4. The number of allylic oxidation sites excluding steroid dienone is 3. The van der Waals surface area contributed by atoms with Crippen LogP contribution in [0.1, 0.15) is 11.4 Å². The van der Waals surface area contributed by atoms with Crippen LogP contribution in [-0.4, -0.2) is 27.5 Å². The molecule has 0 saturated carbocycles. The van der Waals surface area contributed by atoms with E-state index in [9.17, 15) is 0 Å². The molecule has 0 radical (unpaired) electrons. The monoisotopic (exact) mass is 338 g/mol. The molecule has 2 heterocycles. The van der Waals surface area contributed by atoms with Crippen LogP contribution >= 0.6 is 0 Å². The highest BCUT2D eigenvalue weighted by molar-refractivity contribution is 5.83. The minimum absolute atomic E-state index is 0.687. The molecular formula is C22H18N4. The topological polar surface area (TPSA) is 44.9 Å². The van der Waals surface area contributed by atoms with Crippen molar-refractivity contribution in [2.45, 2.75) is 13.0 Å². The Labute approximate surface area is 152 Å². The number of rotatable bonds is 2. The summed E-state index contributed by atoms with van der Waals surface area (Å²) in [5.74, 6) is 1.17. The molecule has 26 heavy (non-hydrogen) atoms. The molecule has 3 aromatic rings. The second-order valence-corrected chi connectivity index (χ2v) is 6.76. The van der Waals surface area contributed by atoms with E-state index in [2.05, 4.69) is 52.0 Å². The summed E-state index contributed by atoms with van der Waals surface area (Å²) in [5, 5.41) is 8.98. The SMILES string of the molecule is N#Cc1ccc(-c2ccc3nc4n(c3c2)CCN(C2=CC=C2)CC4)cc1. The highest BCUT2D eigenvalue weighted by atomic mass is 15.2. The Kier molecular flexibility index (Phi) is 3.39. The number of hydrogen-bond donors (Lipinski definition) is 0. The van der Waals surface area contributed by atoms with Crippen molar-refractivity contribution in [3.05, 3.63) is 77.8 Å². The van der Waals surface area contributed by atoms with Gasteiger partial charge in [-0.25, -0.2) is 4.98 Å². The van der Waals surface area contributed by atoms with E-state index >= 15 is 0 Å². The molecule has 0 amide bonds. The summed E-state index contributed by atoms with van der Waals surface area (Å²) in [7, 11) is 0. The van der Waals surface area contributed by atoms with Gasteiger partial charge in [-0.15, -0.1) is 0 Å². The Balaban J connectivity index is 1.51. The minimum atomic E-state index is 0.687. The summed E-state index contributed by atoms with van der Waals surface area (Å²) in [6.07, 6.45) is 7.41. The van der Waals surface area contributed by atoms with Crippen molar-refractivity contribution in [2.24, 2.45) is 0 Å². The van der Waals surface area contributed by atoms with Crippen molar-refractivity contribution in [3.8, 4) is 17.2 Å². The number of aromatic nitrogens is 2. The van der Waals surface area contributed by atoms with E-state index in [0.717, 1.165) is 42.7 Å². The van der Waals surface area contributed by atoms with E-state index in [4.69, 9.17) is 10.2 Å². The zero-order valence-corrected chi connectivity index (χ0v) is 14.4. The van der Waals surface area contributed by atoms with Crippen molar-refractivity contribution < 1.29 is 0 Å². The van der Waals surface area contributed by atoms with Crippen LogP contribution in [-0.2, 0) is 13.0 Å². The molecule has 0 bridgehead atoms. The zero-order chi connectivity index (χ0) is 17.5. The third-order valence-corrected chi connectivity index (χ3v) is 5.27. The molecule has 1 aliphatic carbocycles. The van der Waals surface area contributed by atoms with E-state index in [1.807, 2.05) is 24.3 Å². The van der Waals surface area contributed by atoms with Crippen LogP contribution in [0, 0.1) is 11.3 Å². The van der Waals surface area contributed by atoms with Gasteiger partial charge in [0.25, 0.3) is 0 Å². The third kappa shape index (κ3) is 2.41. The van der Waals surface area contributed by atoms with Crippen LogP contribution in [0.2, 0.25) is 0 Å². The largest absolute Gasteiger partial charge is 0.369 e. The quantitative estimate of drug-likeness (QED) is 0.712. The van der Waals surface area contributed by atoms with Crippen LogP contribution in [0.15, 0.2) is 66.4 Å². The number of nitriles is 1. The van der Waals surface area contributed by atoms with Crippen molar-refractivity contribution in [1.29, 1.82) is 5.26 Å². The predicted molar refractivity (Wildman–Crippen MR) is 102 cm³/mol. The Morgan fingerprint density at radius 1 is 0.962 bits per heavy atom. The third-order valence-electron chi connectivity index (χ3n) is 5.27. The molecule has 4 heteroatoms. The number of hydrogen-bond acceptors (Lipinski definition) is 3. The van der Waals surface area contributed by atoms with Crippen molar-refractivity contribution >= 4 is 11.0 Å². The summed E-state index contributed by atoms with van der Waals surface area (Å²) < 4.78 is 2.37. The Bertz CT molecular complexity index is 1090. The highest BCUT2D eigenvalue weighted by Gasteiger charge is 2.19. The molecule has 2 aliphatic rings. The van der Waals surface area contributed by atoms with Crippen LogP contribution in [0.5, 0.6) is 0 Å². The van der Waals surface area contributed by atoms with Crippen molar-refractivity contribution in [1.82, 2.24) is 14.5 Å². The van der Waals surface area contributed by atoms with Gasteiger partial charge in [0.05, 0.1) is 22.7 Å². The van der Waals surface area contributed by atoms with Gasteiger partial charge in [0, 0.05) is 31.8 Å². The van der Waals surface area contributed by atoms with E-state index in [1.54, 1.807) is 0 Å². The molecule has 4 nitrogen and oxygen atoms in total.